The summed E-state index contributed by atoms with van der Waals surface area (Å²) < 4.78 is 31.0. The van der Waals surface area contributed by atoms with Gasteiger partial charge in [-0.1, -0.05) is 0 Å². The first-order valence-electron chi connectivity index (χ1n) is 5.10. The quantitative estimate of drug-likeness (QED) is 0.695. The highest BCUT2D eigenvalue weighted by Gasteiger charge is 2.26. The van der Waals surface area contributed by atoms with Crippen LogP contribution in [-0.2, 0) is 14.8 Å². The maximum Gasteiger partial charge on any atom is 0.214 e. The Morgan fingerprint density at radius 2 is 2.07 bits per heavy atom. The minimum absolute atomic E-state index is 0.326. The number of hydrogen-bond donors (Lipinski definition) is 1. The molecule has 0 aromatic rings. The molecule has 0 atom stereocenters. The predicted octanol–water partition coefficient (Wildman–Crippen LogP) is 0.389. The number of nitrogens with zero attached hydrogens (tertiary/aromatic N) is 1. The van der Waals surface area contributed by atoms with E-state index < -0.39 is 10.0 Å². The summed E-state index contributed by atoms with van der Waals surface area (Å²) in [5.74, 6) is 0. The SMILES string of the molecule is N#CCCCNS(=O)(=O)C1CCOCC1. The second-order valence-electron chi connectivity index (χ2n) is 3.51. The summed E-state index contributed by atoms with van der Waals surface area (Å²) in [5, 5.41) is 7.98. The van der Waals surface area contributed by atoms with Crippen molar-refractivity contribution in [3.63, 3.8) is 0 Å². The zero-order valence-electron chi connectivity index (χ0n) is 8.61. The van der Waals surface area contributed by atoms with Gasteiger partial charge < -0.3 is 4.74 Å². The molecule has 0 radical (unpaired) electrons. The Bertz CT molecular complexity index is 315. The molecule has 0 saturated carbocycles. The lowest BCUT2D eigenvalue weighted by Crippen LogP contribution is -2.38. The Morgan fingerprint density at radius 1 is 1.40 bits per heavy atom. The van der Waals surface area contributed by atoms with Crippen LogP contribution in [0.2, 0.25) is 0 Å². The van der Waals surface area contributed by atoms with E-state index in [2.05, 4.69) is 4.72 Å². The minimum Gasteiger partial charge on any atom is -0.381 e. The van der Waals surface area contributed by atoms with E-state index in [4.69, 9.17) is 10.00 Å². The number of hydrogen-bond acceptors (Lipinski definition) is 4. The van der Waals surface area contributed by atoms with Crippen molar-refractivity contribution in [2.24, 2.45) is 0 Å². The molecule has 0 spiro atoms. The minimum atomic E-state index is -3.20. The van der Waals surface area contributed by atoms with E-state index in [1.165, 1.54) is 0 Å². The van der Waals surface area contributed by atoms with E-state index in [9.17, 15) is 8.42 Å². The number of rotatable bonds is 5. The molecule has 15 heavy (non-hydrogen) atoms. The van der Waals surface area contributed by atoms with Crippen LogP contribution in [0.15, 0.2) is 0 Å². The normalized spacial score (nSPS) is 18.6. The number of unbranched alkanes of at least 4 members (excludes halogenated alkanes) is 1. The van der Waals surface area contributed by atoms with Crippen molar-refractivity contribution in [3.8, 4) is 6.07 Å². The summed E-state index contributed by atoms with van der Waals surface area (Å²) in [4.78, 5) is 0. The summed E-state index contributed by atoms with van der Waals surface area (Å²) >= 11 is 0. The van der Waals surface area contributed by atoms with Gasteiger partial charge in [0, 0.05) is 26.2 Å². The molecule has 6 heteroatoms. The lowest BCUT2D eigenvalue weighted by Gasteiger charge is -2.22. The van der Waals surface area contributed by atoms with Crippen LogP contribution in [0.4, 0.5) is 0 Å². The standard InChI is InChI=1S/C9H16N2O3S/c10-5-1-2-6-11-15(12,13)9-3-7-14-8-4-9/h9,11H,1-4,6-8H2. The Hall–Kier alpha value is -0.640. The van der Waals surface area contributed by atoms with Crippen LogP contribution in [-0.4, -0.2) is 33.4 Å². The van der Waals surface area contributed by atoms with E-state index in [1.807, 2.05) is 6.07 Å². The summed E-state index contributed by atoms with van der Waals surface area (Å²) in [6, 6.07) is 1.98. The monoisotopic (exact) mass is 232 g/mol. The fraction of sp³-hybridized carbons (Fsp3) is 0.889. The molecule has 1 aliphatic rings. The number of sulfonamides is 1. The molecule has 1 N–H and O–H groups in total. The van der Waals surface area contributed by atoms with Gasteiger partial charge in [0.15, 0.2) is 0 Å². The van der Waals surface area contributed by atoms with Gasteiger partial charge in [-0.15, -0.1) is 0 Å². The predicted molar refractivity (Wildman–Crippen MR) is 55.6 cm³/mol. The van der Waals surface area contributed by atoms with Gasteiger partial charge in [-0.05, 0) is 19.3 Å². The summed E-state index contributed by atoms with van der Waals surface area (Å²) in [6.45, 7) is 1.39. The largest absolute Gasteiger partial charge is 0.381 e. The summed E-state index contributed by atoms with van der Waals surface area (Å²) in [6.07, 6.45) is 2.08. The maximum absolute atomic E-state index is 11.7. The molecule has 86 valence electrons. The zero-order chi connectivity index (χ0) is 11.1. The van der Waals surface area contributed by atoms with Crippen LogP contribution in [0.1, 0.15) is 25.7 Å². The molecule has 0 amide bonds. The van der Waals surface area contributed by atoms with Gasteiger partial charge in [0.2, 0.25) is 10.0 Å². The molecule has 0 aromatic carbocycles. The van der Waals surface area contributed by atoms with Crippen LogP contribution in [0.3, 0.4) is 0 Å². The Kier molecular flexibility index (Phi) is 5.02. The fourth-order valence-electron chi connectivity index (χ4n) is 1.49. The van der Waals surface area contributed by atoms with Crippen LogP contribution < -0.4 is 4.72 Å². The number of nitriles is 1. The average Bonchev–Trinajstić information content (AvgIpc) is 2.26. The van der Waals surface area contributed by atoms with Crippen molar-refractivity contribution in [1.29, 1.82) is 5.26 Å². The van der Waals surface area contributed by atoms with Crippen molar-refractivity contribution in [1.82, 2.24) is 4.72 Å². The molecular weight excluding hydrogens is 216 g/mol. The van der Waals surface area contributed by atoms with E-state index in [1.54, 1.807) is 0 Å². The second-order valence-corrected chi connectivity index (χ2v) is 5.56. The second kappa shape index (κ2) is 6.05. The molecule has 5 nitrogen and oxygen atoms in total. The Balaban J connectivity index is 2.34. The van der Waals surface area contributed by atoms with Crippen molar-refractivity contribution in [2.75, 3.05) is 19.8 Å². The van der Waals surface area contributed by atoms with Gasteiger partial charge in [-0.25, -0.2) is 13.1 Å². The maximum atomic E-state index is 11.7. The van der Waals surface area contributed by atoms with Crippen LogP contribution in [0.5, 0.6) is 0 Å². The summed E-state index contributed by atoms with van der Waals surface area (Å²) in [7, 11) is -3.20. The molecule has 1 rings (SSSR count). The van der Waals surface area contributed by atoms with Gasteiger partial charge in [0.25, 0.3) is 0 Å². The van der Waals surface area contributed by atoms with Gasteiger partial charge in [-0.2, -0.15) is 5.26 Å². The highest BCUT2D eigenvalue weighted by atomic mass is 32.2. The molecule has 0 unspecified atom stereocenters. The molecule has 1 fully saturated rings. The zero-order valence-corrected chi connectivity index (χ0v) is 9.42. The van der Waals surface area contributed by atoms with Gasteiger partial charge in [0.05, 0.1) is 11.3 Å². The lowest BCUT2D eigenvalue weighted by molar-refractivity contribution is 0.0981. The molecule has 1 saturated heterocycles. The third-order valence-electron chi connectivity index (χ3n) is 2.38. The molecule has 0 aromatic heterocycles. The van der Waals surface area contributed by atoms with Gasteiger partial charge in [-0.3, -0.25) is 0 Å². The number of ether oxygens (including phenoxy) is 1. The van der Waals surface area contributed by atoms with Gasteiger partial charge >= 0.3 is 0 Å². The van der Waals surface area contributed by atoms with E-state index in [-0.39, 0.29) is 5.25 Å². The van der Waals surface area contributed by atoms with E-state index >= 15 is 0 Å². The molecule has 0 aliphatic carbocycles. The Morgan fingerprint density at radius 3 is 2.67 bits per heavy atom. The highest BCUT2D eigenvalue weighted by Crippen LogP contribution is 2.14. The number of nitrogens with one attached hydrogen (secondary N) is 1. The topological polar surface area (TPSA) is 79.2 Å². The van der Waals surface area contributed by atoms with Crippen molar-refractivity contribution >= 4 is 10.0 Å². The third kappa shape index (κ3) is 4.16. The lowest BCUT2D eigenvalue weighted by atomic mass is 10.2. The highest BCUT2D eigenvalue weighted by molar-refractivity contribution is 7.90. The van der Waals surface area contributed by atoms with E-state index in [0.29, 0.717) is 45.4 Å². The first kappa shape index (κ1) is 12.4. The summed E-state index contributed by atoms with van der Waals surface area (Å²) in [5.41, 5.74) is 0. The smallest absolute Gasteiger partial charge is 0.214 e. The molecule has 1 heterocycles. The van der Waals surface area contributed by atoms with Gasteiger partial charge in [0.1, 0.15) is 0 Å². The molecule has 1 aliphatic heterocycles. The van der Waals surface area contributed by atoms with Crippen LogP contribution in [0.25, 0.3) is 0 Å². The van der Waals surface area contributed by atoms with Crippen molar-refractivity contribution < 1.29 is 13.2 Å². The molecular formula is C9H16N2O3S. The van der Waals surface area contributed by atoms with Crippen molar-refractivity contribution in [2.45, 2.75) is 30.9 Å². The fourth-order valence-corrected chi connectivity index (χ4v) is 2.96. The van der Waals surface area contributed by atoms with E-state index in [0.717, 1.165) is 0 Å². The average molecular weight is 232 g/mol. The van der Waals surface area contributed by atoms with Crippen LogP contribution in [0, 0.1) is 11.3 Å². The first-order chi connectivity index (χ1) is 7.17. The Labute approximate surface area is 90.5 Å². The third-order valence-corrected chi connectivity index (χ3v) is 4.33. The van der Waals surface area contributed by atoms with Crippen LogP contribution >= 0.6 is 0 Å². The first-order valence-corrected chi connectivity index (χ1v) is 6.64. The molecule has 0 bridgehead atoms. The van der Waals surface area contributed by atoms with Crippen molar-refractivity contribution in [3.05, 3.63) is 0 Å².